The van der Waals surface area contributed by atoms with E-state index >= 15 is 0 Å². The first-order chi connectivity index (χ1) is 15.2. The first kappa shape index (κ1) is 31.0. The monoisotopic (exact) mass is 570 g/mol. The summed E-state index contributed by atoms with van der Waals surface area (Å²) in [6.45, 7) is 9.20. The molecule has 0 saturated heterocycles. The fourth-order valence-electron chi connectivity index (χ4n) is 4.16. The molecule has 3 rings (SSSR count). The van der Waals surface area contributed by atoms with Crippen LogP contribution in [0.5, 0.6) is 0 Å². The molecule has 0 spiro atoms. The second-order valence-electron chi connectivity index (χ2n) is 8.64. The van der Waals surface area contributed by atoms with Gasteiger partial charge >= 0.3 is 0 Å². The van der Waals surface area contributed by atoms with Gasteiger partial charge in [0.2, 0.25) is 0 Å². The molecule has 0 aromatic carbocycles. The van der Waals surface area contributed by atoms with Crippen LogP contribution in [0, 0.1) is 5.38 Å². The first-order valence-electron chi connectivity index (χ1n) is 12.4. The molecular formula is C28H39ClS3Zn-. The molecule has 3 heterocycles. The molecule has 33 heavy (non-hydrogen) atoms. The number of rotatable bonds is 14. The van der Waals surface area contributed by atoms with Crippen molar-refractivity contribution >= 4 is 34.0 Å². The van der Waals surface area contributed by atoms with Crippen molar-refractivity contribution in [2.45, 2.75) is 105 Å². The van der Waals surface area contributed by atoms with Crippen LogP contribution < -0.4 is 12.4 Å². The molecule has 3 aromatic heterocycles. The summed E-state index contributed by atoms with van der Waals surface area (Å²) in [4.78, 5) is 5.96. The Morgan fingerprint density at radius 3 is 1.88 bits per heavy atom. The van der Waals surface area contributed by atoms with Crippen LogP contribution >= 0.6 is 34.0 Å². The molecule has 0 amide bonds. The molecule has 0 aliphatic carbocycles. The molecule has 0 nitrogen and oxygen atoms in total. The maximum Gasteiger partial charge on any atom is 0.0487 e. The van der Waals surface area contributed by atoms with Crippen molar-refractivity contribution < 1.29 is 31.9 Å². The molecule has 3 aromatic rings. The van der Waals surface area contributed by atoms with Crippen LogP contribution in [-0.4, -0.2) is 0 Å². The number of unbranched alkanes of at least 4 members (excludes halogenated alkanes) is 4. The number of aryl methyl sites for hydroxylation is 2. The number of halogens is 1. The minimum atomic E-state index is 0. The van der Waals surface area contributed by atoms with Crippen molar-refractivity contribution in [3.63, 3.8) is 0 Å². The van der Waals surface area contributed by atoms with Crippen LogP contribution in [0.15, 0.2) is 17.5 Å². The average Bonchev–Trinajstić information content (AvgIpc) is 3.51. The van der Waals surface area contributed by atoms with E-state index in [-0.39, 0.29) is 31.9 Å². The number of hydrogen-bond acceptors (Lipinski definition) is 3. The molecule has 0 aliphatic heterocycles. The van der Waals surface area contributed by atoms with E-state index in [0.29, 0.717) is 0 Å². The van der Waals surface area contributed by atoms with E-state index in [2.05, 4.69) is 50.6 Å². The number of hydrogen-bond donors (Lipinski definition) is 0. The second kappa shape index (κ2) is 16.6. The van der Waals surface area contributed by atoms with Crippen molar-refractivity contribution in [2.24, 2.45) is 0 Å². The van der Waals surface area contributed by atoms with Gasteiger partial charge in [0.15, 0.2) is 0 Å². The third-order valence-corrected chi connectivity index (χ3v) is 9.59. The van der Waals surface area contributed by atoms with Gasteiger partial charge in [0.1, 0.15) is 0 Å². The summed E-state index contributed by atoms with van der Waals surface area (Å²) in [5, 5.41) is 6.13. The van der Waals surface area contributed by atoms with Gasteiger partial charge in [-0.15, -0.1) is 34.0 Å². The SMILES string of the molecule is CCCCc1[c]sc(-c2ccc(-c3scc(CCCC)c3CCCC)s2)c1CCCC.[Cl-].[Zn]. The van der Waals surface area contributed by atoms with Crippen LogP contribution in [0.4, 0.5) is 0 Å². The van der Waals surface area contributed by atoms with Crippen LogP contribution in [0.25, 0.3) is 19.5 Å². The van der Waals surface area contributed by atoms with Crippen LogP contribution in [0.2, 0.25) is 0 Å². The maximum atomic E-state index is 3.68. The zero-order valence-corrected chi connectivity index (χ0v) is 27.2. The van der Waals surface area contributed by atoms with Gasteiger partial charge in [0.05, 0.1) is 0 Å². The predicted octanol–water partition coefficient (Wildman–Crippen LogP) is 7.38. The van der Waals surface area contributed by atoms with Crippen molar-refractivity contribution in [3.05, 3.63) is 45.1 Å². The van der Waals surface area contributed by atoms with Gasteiger partial charge in [-0.25, -0.2) is 0 Å². The van der Waals surface area contributed by atoms with Crippen molar-refractivity contribution in [2.75, 3.05) is 0 Å². The van der Waals surface area contributed by atoms with Crippen LogP contribution in [-0.2, 0) is 45.2 Å². The summed E-state index contributed by atoms with van der Waals surface area (Å²) in [7, 11) is 0. The minimum Gasteiger partial charge on any atom is -1.00 e. The number of thiophene rings is 3. The quantitative estimate of drug-likeness (QED) is 0.177. The minimum absolute atomic E-state index is 0. The summed E-state index contributed by atoms with van der Waals surface area (Å²) >= 11 is 5.85. The van der Waals surface area contributed by atoms with E-state index < -0.39 is 0 Å². The molecule has 0 fully saturated rings. The maximum absolute atomic E-state index is 3.68. The van der Waals surface area contributed by atoms with Crippen molar-refractivity contribution in [1.29, 1.82) is 0 Å². The third kappa shape index (κ3) is 8.28. The Kier molecular flexibility index (Phi) is 15.7. The van der Waals surface area contributed by atoms with Gasteiger partial charge in [-0.2, -0.15) is 0 Å². The second-order valence-corrected chi connectivity index (χ2v) is 11.4. The molecule has 1 radical (unpaired) electrons. The van der Waals surface area contributed by atoms with Crippen LogP contribution in [0.1, 0.15) is 101 Å². The standard InChI is InChI=1S/C28H39S3.ClH.Zn/c1-5-9-13-21-19-29-27(23(21)15-11-7-3)25-17-18-26(31-25)28-24(16-12-8-4)22(20-30-28)14-10-6-2;;/h17-19H,5-16H2,1-4H3;1H;/p-1. The van der Waals surface area contributed by atoms with E-state index in [1.165, 1.54) is 102 Å². The third-order valence-electron chi connectivity index (χ3n) is 6.09. The molecular weight excluding hydrogens is 533 g/mol. The van der Waals surface area contributed by atoms with E-state index in [9.17, 15) is 0 Å². The first-order valence-corrected chi connectivity index (χ1v) is 15.0. The van der Waals surface area contributed by atoms with Crippen LogP contribution in [0.3, 0.4) is 0 Å². The molecule has 0 unspecified atom stereocenters. The fourth-order valence-corrected chi connectivity index (χ4v) is 7.66. The summed E-state index contributed by atoms with van der Waals surface area (Å²) in [5.74, 6) is 0. The van der Waals surface area contributed by atoms with Gasteiger partial charge in [0.25, 0.3) is 0 Å². The van der Waals surface area contributed by atoms with E-state index in [4.69, 9.17) is 0 Å². The summed E-state index contributed by atoms with van der Waals surface area (Å²) in [5.41, 5.74) is 6.34. The molecule has 0 aliphatic rings. The van der Waals surface area contributed by atoms with Gasteiger partial charge in [-0.05, 0) is 91.1 Å². The smallest absolute Gasteiger partial charge is 0.0487 e. The van der Waals surface area contributed by atoms with Gasteiger partial charge in [-0.1, -0.05) is 53.4 Å². The van der Waals surface area contributed by atoms with E-state index in [1.807, 2.05) is 34.0 Å². The summed E-state index contributed by atoms with van der Waals surface area (Å²) < 4.78 is 0. The van der Waals surface area contributed by atoms with Gasteiger partial charge in [0, 0.05) is 44.4 Å². The van der Waals surface area contributed by atoms with Crippen molar-refractivity contribution in [1.82, 2.24) is 0 Å². The Balaban J connectivity index is 0.00000272. The predicted molar refractivity (Wildman–Crippen MR) is 144 cm³/mol. The molecule has 179 valence electrons. The Morgan fingerprint density at radius 2 is 1.24 bits per heavy atom. The zero-order chi connectivity index (χ0) is 22.1. The van der Waals surface area contributed by atoms with Gasteiger partial charge < -0.3 is 12.4 Å². The summed E-state index contributed by atoms with van der Waals surface area (Å²) in [6, 6.07) is 4.77. The Bertz CT molecular complexity index is 849. The zero-order valence-electron chi connectivity index (χ0n) is 21.0. The van der Waals surface area contributed by atoms with E-state index in [1.54, 1.807) is 16.7 Å². The summed E-state index contributed by atoms with van der Waals surface area (Å²) in [6.07, 6.45) is 15.1. The Hall–Kier alpha value is 0.0134. The normalized spacial score (nSPS) is 10.8. The molecule has 0 bridgehead atoms. The topological polar surface area (TPSA) is 0 Å². The molecule has 0 N–H and O–H groups in total. The fraction of sp³-hybridized carbons (Fsp3) is 0.571. The molecule has 0 atom stereocenters. The Labute approximate surface area is 233 Å². The molecule has 0 saturated carbocycles. The van der Waals surface area contributed by atoms with E-state index in [0.717, 1.165) is 0 Å². The van der Waals surface area contributed by atoms with Gasteiger partial charge in [-0.3, -0.25) is 0 Å². The average molecular weight is 573 g/mol. The van der Waals surface area contributed by atoms with Crippen molar-refractivity contribution in [3.8, 4) is 19.5 Å². The molecule has 5 heteroatoms. The Morgan fingerprint density at radius 1 is 0.697 bits per heavy atom. The largest absolute Gasteiger partial charge is 1.00 e.